The highest BCUT2D eigenvalue weighted by molar-refractivity contribution is 8.00. The van der Waals surface area contributed by atoms with E-state index in [-0.39, 0.29) is 23.0 Å². The van der Waals surface area contributed by atoms with E-state index >= 15 is 0 Å². The Kier molecular flexibility index (Phi) is 5.64. The number of thioether (sulfide) groups is 1. The molecule has 1 aromatic rings. The van der Waals surface area contributed by atoms with Crippen LogP contribution in [0.2, 0.25) is 0 Å². The Labute approximate surface area is 152 Å². The first-order chi connectivity index (χ1) is 12.1. The fraction of sp³-hybridized carbons (Fsp3) is 0.526. The number of benzene rings is 1. The van der Waals surface area contributed by atoms with Gasteiger partial charge in [-0.05, 0) is 30.9 Å². The summed E-state index contributed by atoms with van der Waals surface area (Å²) < 4.78 is 0. The number of carbonyl (C=O) groups excluding carboxylic acids is 2. The van der Waals surface area contributed by atoms with E-state index in [1.165, 1.54) is 12.8 Å². The minimum Gasteiger partial charge on any atom is -0.342 e. The van der Waals surface area contributed by atoms with Gasteiger partial charge in [0, 0.05) is 36.1 Å². The molecule has 3 rings (SSSR count). The topological polar surface area (TPSA) is 73.2 Å². The Morgan fingerprint density at radius 3 is 2.92 bits per heavy atom. The molecule has 1 aliphatic carbocycles. The molecule has 0 unspecified atom stereocenters. The molecule has 1 saturated heterocycles. The predicted octanol–water partition coefficient (Wildman–Crippen LogP) is 3.28. The molecule has 132 valence electrons. The number of nitriles is 1. The molecule has 0 spiro atoms. The molecule has 2 fully saturated rings. The van der Waals surface area contributed by atoms with Crippen molar-refractivity contribution in [1.29, 1.82) is 5.26 Å². The summed E-state index contributed by atoms with van der Waals surface area (Å²) in [6.45, 7) is 3.33. The number of anilines is 1. The van der Waals surface area contributed by atoms with Gasteiger partial charge in [-0.15, -0.1) is 11.8 Å². The van der Waals surface area contributed by atoms with Gasteiger partial charge in [0.15, 0.2) is 0 Å². The van der Waals surface area contributed by atoms with Crippen molar-refractivity contribution in [3.05, 3.63) is 24.3 Å². The van der Waals surface area contributed by atoms with Gasteiger partial charge in [-0.1, -0.05) is 19.1 Å². The summed E-state index contributed by atoms with van der Waals surface area (Å²) in [7, 11) is 0. The minimum absolute atomic E-state index is 0.0902. The van der Waals surface area contributed by atoms with Gasteiger partial charge in [0.05, 0.1) is 17.7 Å². The lowest BCUT2D eigenvalue weighted by Crippen LogP contribution is -2.30. The second-order valence-corrected chi connectivity index (χ2v) is 8.40. The lowest BCUT2D eigenvalue weighted by Gasteiger charge is -2.17. The van der Waals surface area contributed by atoms with Crippen molar-refractivity contribution in [2.45, 2.75) is 42.8 Å². The summed E-state index contributed by atoms with van der Waals surface area (Å²) in [5, 5.41) is 12.0. The predicted molar refractivity (Wildman–Crippen MR) is 98.0 cm³/mol. The quantitative estimate of drug-likeness (QED) is 0.760. The van der Waals surface area contributed by atoms with Crippen LogP contribution in [0.3, 0.4) is 0 Å². The van der Waals surface area contributed by atoms with E-state index in [0.29, 0.717) is 25.3 Å². The van der Waals surface area contributed by atoms with Gasteiger partial charge < -0.3 is 10.2 Å². The van der Waals surface area contributed by atoms with E-state index in [2.05, 4.69) is 11.4 Å². The van der Waals surface area contributed by atoms with Crippen LogP contribution in [-0.4, -0.2) is 35.1 Å². The second-order valence-electron chi connectivity index (χ2n) is 6.92. The highest BCUT2D eigenvalue weighted by Crippen LogP contribution is 2.34. The van der Waals surface area contributed by atoms with Gasteiger partial charge in [-0.25, -0.2) is 0 Å². The zero-order chi connectivity index (χ0) is 17.8. The summed E-state index contributed by atoms with van der Waals surface area (Å²) in [5.41, 5.74) is 0.760. The summed E-state index contributed by atoms with van der Waals surface area (Å²) in [5.74, 6) is 0.371. The van der Waals surface area contributed by atoms with Crippen molar-refractivity contribution in [1.82, 2.24) is 4.90 Å². The third kappa shape index (κ3) is 4.76. The third-order valence-corrected chi connectivity index (χ3v) is 5.79. The minimum atomic E-state index is -0.277. The number of hydrogen-bond acceptors (Lipinski definition) is 4. The highest BCUT2D eigenvalue weighted by Gasteiger charge is 2.37. The van der Waals surface area contributed by atoms with Crippen LogP contribution in [0.1, 0.15) is 32.6 Å². The van der Waals surface area contributed by atoms with Crippen molar-refractivity contribution >= 4 is 29.3 Å². The molecule has 25 heavy (non-hydrogen) atoms. The number of hydrogen-bond donors (Lipinski definition) is 1. The number of para-hydroxylation sites is 1. The van der Waals surface area contributed by atoms with Gasteiger partial charge in [0.1, 0.15) is 0 Å². The van der Waals surface area contributed by atoms with Crippen LogP contribution in [0.15, 0.2) is 29.2 Å². The molecule has 2 aliphatic rings. The molecule has 2 atom stereocenters. The first-order valence-electron chi connectivity index (χ1n) is 8.78. The molecule has 1 aliphatic heterocycles. The van der Waals surface area contributed by atoms with Gasteiger partial charge in [0.2, 0.25) is 11.8 Å². The zero-order valence-electron chi connectivity index (χ0n) is 14.4. The summed E-state index contributed by atoms with van der Waals surface area (Å²) in [6, 6.07) is 9.80. The van der Waals surface area contributed by atoms with E-state index in [0.717, 1.165) is 17.1 Å². The molecule has 1 heterocycles. The molecule has 1 N–H and O–H groups in total. The summed E-state index contributed by atoms with van der Waals surface area (Å²) in [4.78, 5) is 27.5. The lowest BCUT2D eigenvalue weighted by atomic mass is 10.1. The molecule has 0 bridgehead atoms. The summed E-state index contributed by atoms with van der Waals surface area (Å²) >= 11 is 1.58. The Bertz CT molecular complexity index is 696. The van der Waals surface area contributed by atoms with Crippen molar-refractivity contribution in [3.63, 3.8) is 0 Å². The fourth-order valence-corrected chi connectivity index (χ4v) is 4.03. The molecular formula is C19H23N3O2S. The Morgan fingerprint density at radius 1 is 1.44 bits per heavy atom. The smallest absolute Gasteiger partial charge is 0.229 e. The monoisotopic (exact) mass is 357 g/mol. The molecule has 0 radical (unpaired) electrons. The van der Waals surface area contributed by atoms with Crippen LogP contribution in [0.25, 0.3) is 0 Å². The first kappa shape index (κ1) is 17.8. The zero-order valence-corrected chi connectivity index (χ0v) is 15.2. The maximum absolute atomic E-state index is 12.6. The van der Waals surface area contributed by atoms with Crippen molar-refractivity contribution < 1.29 is 9.59 Å². The Morgan fingerprint density at radius 2 is 2.20 bits per heavy atom. The number of nitrogens with one attached hydrogen (secondary N) is 1. The maximum atomic E-state index is 12.6. The molecule has 1 saturated carbocycles. The number of nitrogens with zero attached hydrogens (tertiary/aromatic N) is 2. The lowest BCUT2D eigenvalue weighted by molar-refractivity contribution is -0.128. The van der Waals surface area contributed by atoms with Gasteiger partial charge in [-0.3, -0.25) is 9.59 Å². The van der Waals surface area contributed by atoms with E-state index < -0.39 is 0 Å². The van der Waals surface area contributed by atoms with Gasteiger partial charge in [0.25, 0.3) is 0 Å². The Balaban J connectivity index is 1.61. The van der Waals surface area contributed by atoms with Crippen molar-refractivity contribution in [3.8, 4) is 6.07 Å². The molecule has 5 nitrogen and oxygen atoms in total. The van der Waals surface area contributed by atoms with Gasteiger partial charge >= 0.3 is 0 Å². The second kappa shape index (κ2) is 7.92. The van der Waals surface area contributed by atoms with Crippen LogP contribution in [0, 0.1) is 23.2 Å². The molecule has 6 heteroatoms. The van der Waals surface area contributed by atoms with Crippen molar-refractivity contribution in [2.75, 3.05) is 18.4 Å². The number of rotatable bonds is 7. The van der Waals surface area contributed by atoms with E-state index in [9.17, 15) is 9.59 Å². The SMILES string of the molecule is C[C@@H](CC#N)Sc1ccccc1NC(=O)[C@H]1CC(=O)N(CC2CC2)C1. The van der Waals surface area contributed by atoms with E-state index in [1.807, 2.05) is 36.1 Å². The standard InChI is InChI=1S/C19H23N3O2S/c1-13(8-9-20)25-17-5-3-2-4-16(17)21-19(24)15-10-18(23)22(12-15)11-14-6-7-14/h2-5,13-15H,6-8,10-12H2,1H3,(H,21,24)/t13-,15-/m0/s1. The first-order valence-corrected chi connectivity index (χ1v) is 9.66. The average molecular weight is 357 g/mol. The Hall–Kier alpha value is -2.00. The molecule has 0 aromatic heterocycles. The van der Waals surface area contributed by atoms with Crippen LogP contribution in [0.4, 0.5) is 5.69 Å². The van der Waals surface area contributed by atoms with E-state index in [4.69, 9.17) is 5.26 Å². The van der Waals surface area contributed by atoms with E-state index in [1.54, 1.807) is 11.8 Å². The fourth-order valence-electron chi connectivity index (χ4n) is 3.03. The van der Waals surface area contributed by atoms with Crippen LogP contribution in [0.5, 0.6) is 0 Å². The number of carbonyl (C=O) groups is 2. The van der Waals surface area contributed by atoms with Crippen molar-refractivity contribution in [2.24, 2.45) is 11.8 Å². The molecule has 2 amide bonds. The molecule has 1 aromatic carbocycles. The average Bonchev–Trinajstić information content (AvgIpc) is 3.32. The largest absolute Gasteiger partial charge is 0.342 e. The molecular weight excluding hydrogens is 334 g/mol. The highest BCUT2D eigenvalue weighted by atomic mass is 32.2. The number of amides is 2. The third-order valence-electron chi connectivity index (χ3n) is 4.61. The van der Waals surface area contributed by atoms with Crippen LogP contribution in [-0.2, 0) is 9.59 Å². The summed E-state index contributed by atoms with van der Waals surface area (Å²) in [6.07, 6.45) is 3.16. The number of likely N-dealkylation sites (tertiary alicyclic amines) is 1. The van der Waals surface area contributed by atoms with Gasteiger partial charge in [-0.2, -0.15) is 5.26 Å². The van der Waals surface area contributed by atoms with Crippen LogP contribution < -0.4 is 5.32 Å². The van der Waals surface area contributed by atoms with Crippen LogP contribution >= 0.6 is 11.8 Å². The maximum Gasteiger partial charge on any atom is 0.229 e. The normalized spacial score (nSPS) is 21.0.